The van der Waals surface area contributed by atoms with Crippen LogP contribution in [0.3, 0.4) is 0 Å². The Hall–Kier alpha value is -3.68. The van der Waals surface area contributed by atoms with Crippen molar-refractivity contribution in [2.75, 3.05) is 21.3 Å². The average Bonchev–Trinajstić information content (AvgIpc) is 3.32. The van der Waals surface area contributed by atoms with Crippen LogP contribution in [0.25, 0.3) is 17.1 Å². The summed E-state index contributed by atoms with van der Waals surface area (Å²) in [7, 11) is 0.404. The second-order valence-electron chi connectivity index (χ2n) is 7.83. The van der Waals surface area contributed by atoms with Crippen molar-refractivity contribution in [2.45, 2.75) is 24.0 Å². The molecule has 37 heavy (non-hydrogen) atoms. The first-order valence-corrected chi connectivity index (χ1v) is 13.0. The lowest BCUT2D eigenvalue weighted by molar-refractivity contribution is 0.0987. The molecule has 0 fully saturated rings. The van der Waals surface area contributed by atoms with E-state index in [0.717, 1.165) is 0 Å². The molecule has 0 saturated carbocycles. The maximum absolute atomic E-state index is 13.7. The highest BCUT2D eigenvalue weighted by Crippen LogP contribution is 2.34. The Morgan fingerprint density at radius 1 is 1.00 bits per heavy atom. The topological polar surface area (TPSA) is 144 Å². The number of ether oxygens (including phenoxy) is 3. The van der Waals surface area contributed by atoms with Crippen LogP contribution >= 0.6 is 11.6 Å². The minimum Gasteiger partial charge on any atom is -0.479 e. The molecule has 0 radical (unpaired) electrons. The molecular weight excluding hydrogens is 522 g/mol. The van der Waals surface area contributed by atoms with Crippen molar-refractivity contribution in [3.63, 3.8) is 0 Å². The predicted octanol–water partition coefficient (Wildman–Crippen LogP) is 2.88. The first-order chi connectivity index (χ1) is 17.8. The quantitative estimate of drug-likeness (QED) is 0.290. The van der Waals surface area contributed by atoms with Crippen LogP contribution in [-0.4, -0.2) is 69.7 Å². The molecule has 4 aromatic heterocycles. The van der Waals surface area contributed by atoms with Crippen molar-refractivity contribution in [1.82, 2.24) is 34.7 Å². The van der Waals surface area contributed by atoms with Crippen LogP contribution in [-0.2, 0) is 20.3 Å². The van der Waals surface area contributed by atoms with Gasteiger partial charge >= 0.3 is 0 Å². The van der Waals surface area contributed by atoms with Gasteiger partial charge < -0.3 is 14.2 Å². The van der Waals surface area contributed by atoms with Gasteiger partial charge in [-0.25, -0.2) is 8.42 Å². The Morgan fingerprint density at radius 3 is 2.30 bits per heavy atom. The van der Waals surface area contributed by atoms with Gasteiger partial charge in [0.05, 0.1) is 30.2 Å². The maximum Gasteiger partial charge on any atom is 0.245 e. The van der Waals surface area contributed by atoms with Crippen LogP contribution in [0.4, 0.5) is 0 Å². The molecule has 4 rings (SSSR count). The van der Waals surface area contributed by atoms with Gasteiger partial charge in [0.15, 0.2) is 27.2 Å². The molecule has 0 aliphatic carbocycles. The number of aromatic nitrogens is 7. The molecule has 0 N–H and O–H groups in total. The van der Waals surface area contributed by atoms with Crippen molar-refractivity contribution in [1.29, 1.82) is 0 Å². The van der Waals surface area contributed by atoms with Gasteiger partial charge in [-0.1, -0.05) is 11.6 Å². The second kappa shape index (κ2) is 11.2. The van der Waals surface area contributed by atoms with E-state index < -0.39 is 26.9 Å². The molecule has 0 spiro atoms. The summed E-state index contributed by atoms with van der Waals surface area (Å²) in [6, 6.07) is 6.75. The van der Waals surface area contributed by atoms with Crippen LogP contribution in [0.5, 0.6) is 11.8 Å². The van der Waals surface area contributed by atoms with E-state index in [1.165, 1.54) is 38.4 Å². The Kier molecular flexibility index (Phi) is 7.95. The first-order valence-electron chi connectivity index (χ1n) is 10.9. The Morgan fingerprint density at radius 2 is 1.73 bits per heavy atom. The standard InChI is InChI=1S/C23H24ClN7O5S/c1-14(20(34-2)17-8-7-16(24)11-26-17)37(32,33)12-18-29-30-21(15-6-5-9-25-10-15)31(18)19-22(35-3)27-13-28-23(19)36-4/h5-11,13-14,20H,12H2,1-4H3/t14-,20-/m1/s1. The van der Waals surface area contributed by atoms with Gasteiger partial charge in [0.25, 0.3) is 0 Å². The number of methoxy groups -OCH3 is 3. The van der Waals surface area contributed by atoms with Crippen LogP contribution in [0.15, 0.2) is 49.2 Å². The molecule has 0 aromatic carbocycles. The molecule has 4 heterocycles. The van der Waals surface area contributed by atoms with E-state index in [4.69, 9.17) is 25.8 Å². The number of sulfone groups is 1. The monoisotopic (exact) mass is 545 g/mol. The molecule has 0 unspecified atom stereocenters. The zero-order valence-electron chi connectivity index (χ0n) is 20.4. The van der Waals surface area contributed by atoms with Crippen molar-refractivity contribution in [3.8, 4) is 28.8 Å². The fourth-order valence-electron chi connectivity index (χ4n) is 3.77. The smallest absolute Gasteiger partial charge is 0.245 e. The Bertz CT molecular complexity index is 1440. The SMILES string of the molecule is COc1ncnc(OC)c1-n1c(CS(=O)(=O)[C@H](C)[C@@H](OC)c2ccc(Cl)cn2)nnc1-c1cccnc1. The van der Waals surface area contributed by atoms with Crippen LogP contribution < -0.4 is 9.47 Å². The lowest BCUT2D eigenvalue weighted by Gasteiger charge is -2.22. The summed E-state index contributed by atoms with van der Waals surface area (Å²) in [5.74, 6) is 0.194. The molecular formula is C23H24ClN7O5S. The summed E-state index contributed by atoms with van der Waals surface area (Å²) in [6.07, 6.45) is 5.06. The fourth-order valence-corrected chi connectivity index (χ4v) is 5.32. The zero-order chi connectivity index (χ0) is 26.6. The predicted molar refractivity (Wildman–Crippen MR) is 134 cm³/mol. The van der Waals surface area contributed by atoms with Gasteiger partial charge in [0, 0.05) is 31.3 Å². The number of hydrogen-bond acceptors (Lipinski definition) is 11. The van der Waals surface area contributed by atoms with E-state index in [0.29, 0.717) is 22.1 Å². The third-order valence-electron chi connectivity index (χ3n) is 5.63. The molecule has 0 aliphatic rings. The van der Waals surface area contributed by atoms with E-state index in [1.54, 1.807) is 43.6 Å². The highest BCUT2D eigenvalue weighted by molar-refractivity contribution is 7.91. The first kappa shape index (κ1) is 26.4. The number of hydrogen-bond donors (Lipinski definition) is 0. The number of rotatable bonds is 10. The zero-order valence-corrected chi connectivity index (χ0v) is 22.0. The van der Waals surface area contributed by atoms with Gasteiger partial charge in [-0.2, -0.15) is 9.97 Å². The van der Waals surface area contributed by atoms with E-state index in [2.05, 4.69) is 30.1 Å². The van der Waals surface area contributed by atoms with Gasteiger partial charge in [0.1, 0.15) is 18.2 Å². The number of pyridine rings is 2. The molecule has 0 saturated heterocycles. The van der Waals surface area contributed by atoms with Crippen LogP contribution in [0.2, 0.25) is 5.02 Å². The average molecular weight is 546 g/mol. The minimum absolute atomic E-state index is 0.0935. The summed E-state index contributed by atoms with van der Waals surface area (Å²) in [6.45, 7) is 1.55. The maximum atomic E-state index is 13.7. The summed E-state index contributed by atoms with van der Waals surface area (Å²) in [4.78, 5) is 16.7. The number of halogens is 1. The minimum atomic E-state index is -3.88. The normalized spacial score (nSPS) is 13.2. The lowest BCUT2D eigenvalue weighted by atomic mass is 10.2. The van der Waals surface area contributed by atoms with E-state index >= 15 is 0 Å². The van der Waals surface area contributed by atoms with Gasteiger partial charge in [-0.15, -0.1) is 10.2 Å². The molecule has 2 atom stereocenters. The highest BCUT2D eigenvalue weighted by atomic mass is 35.5. The van der Waals surface area contributed by atoms with Crippen molar-refractivity contribution >= 4 is 21.4 Å². The summed E-state index contributed by atoms with van der Waals surface area (Å²) in [5, 5.41) is 7.93. The summed E-state index contributed by atoms with van der Waals surface area (Å²) in [5.41, 5.74) is 1.26. The molecule has 4 aromatic rings. The highest BCUT2D eigenvalue weighted by Gasteiger charge is 2.35. The lowest BCUT2D eigenvalue weighted by Crippen LogP contribution is -2.29. The van der Waals surface area contributed by atoms with Gasteiger partial charge in [-0.3, -0.25) is 14.5 Å². The van der Waals surface area contributed by atoms with Crippen LogP contribution in [0.1, 0.15) is 24.5 Å². The summed E-state index contributed by atoms with van der Waals surface area (Å²) < 4.78 is 45.2. The molecule has 0 aliphatic heterocycles. The van der Waals surface area contributed by atoms with E-state index in [9.17, 15) is 8.42 Å². The molecule has 12 nitrogen and oxygen atoms in total. The van der Waals surface area contributed by atoms with Gasteiger partial charge in [0.2, 0.25) is 11.8 Å². The molecule has 194 valence electrons. The Balaban J connectivity index is 1.83. The Labute approximate surface area is 218 Å². The molecule has 0 bridgehead atoms. The van der Waals surface area contributed by atoms with E-state index in [1.807, 2.05) is 0 Å². The molecule has 0 amide bonds. The third-order valence-corrected chi connectivity index (χ3v) is 7.90. The molecule has 14 heteroatoms. The van der Waals surface area contributed by atoms with Crippen molar-refractivity contribution < 1.29 is 22.6 Å². The van der Waals surface area contributed by atoms with Crippen molar-refractivity contribution in [3.05, 3.63) is 65.7 Å². The van der Waals surface area contributed by atoms with E-state index in [-0.39, 0.29) is 23.3 Å². The second-order valence-corrected chi connectivity index (χ2v) is 10.6. The van der Waals surface area contributed by atoms with Gasteiger partial charge in [-0.05, 0) is 31.2 Å². The fraction of sp³-hybridized carbons (Fsp3) is 0.304. The summed E-state index contributed by atoms with van der Waals surface area (Å²) >= 11 is 5.94. The third kappa shape index (κ3) is 5.38. The number of nitrogens with zero attached hydrogens (tertiary/aromatic N) is 7. The largest absolute Gasteiger partial charge is 0.479 e. The van der Waals surface area contributed by atoms with Crippen LogP contribution in [0, 0.1) is 0 Å². The van der Waals surface area contributed by atoms with Crippen molar-refractivity contribution in [2.24, 2.45) is 0 Å².